The van der Waals surface area contributed by atoms with E-state index in [1.807, 2.05) is 17.6 Å². The number of nitrogens with two attached hydrogens (primary N) is 1. The number of likely N-dealkylation sites (N-methyl/N-ethyl adjacent to an activating group) is 1. The van der Waals surface area contributed by atoms with Crippen molar-refractivity contribution in [2.45, 2.75) is 25.4 Å². The van der Waals surface area contributed by atoms with Gasteiger partial charge in [-0.25, -0.2) is 4.98 Å². The molecule has 1 heterocycles. The summed E-state index contributed by atoms with van der Waals surface area (Å²) in [6.07, 6.45) is 0.890. The standard InChI is InChI=1S/C15H20ClN3S/c1-15(10-17,7-12-3-5-13(16)6-4-12)19(2)8-14-9-20-11-18-14/h3-6,9,11H,7-8,10,17H2,1-2H3. The van der Waals surface area contributed by atoms with Gasteiger partial charge in [-0.1, -0.05) is 23.7 Å². The Labute approximate surface area is 129 Å². The Morgan fingerprint density at radius 2 is 2.05 bits per heavy atom. The molecule has 2 N–H and O–H groups in total. The van der Waals surface area contributed by atoms with E-state index in [9.17, 15) is 0 Å². The molecular formula is C15H20ClN3S. The lowest BCUT2D eigenvalue weighted by atomic mass is 9.91. The molecule has 0 bridgehead atoms. The van der Waals surface area contributed by atoms with Crippen molar-refractivity contribution in [3.8, 4) is 0 Å². The minimum absolute atomic E-state index is 0.0998. The first-order valence-corrected chi connectivity index (χ1v) is 7.88. The number of halogens is 1. The van der Waals surface area contributed by atoms with Gasteiger partial charge in [0.15, 0.2) is 0 Å². The largest absolute Gasteiger partial charge is 0.329 e. The van der Waals surface area contributed by atoms with Gasteiger partial charge in [0.1, 0.15) is 0 Å². The molecule has 0 saturated carbocycles. The van der Waals surface area contributed by atoms with Gasteiger partial charge in [-0.15, -0.1) is 11.3 Å². The molecule has 1 aromatic heterocycles. The highest BCUT2D eigenvalue weighted by Crippen LogP contribution is 2.22. The van der Waals surface area contributed by atoms with Gasteiger partial charge in [-0.2, -0.15) is 0 Å². The highest BCUT2D eigenvalue weighted by molar-refractivity contribution is 7.07. The smallest absolute Gasteiger partial charge is 0.0795 e. The van der Waals surface area contributed by atoms with E-state index in [-0.39, 0.29) is 5.54 Å². The zero-order chi connectivity index (χ0) is 14.6. The average molecular weight is 310 g/mol. The molecular weight excluding hydrogens is 290 g/mol. The summed E-state index contributed by atoms with van der Waals surface area (Å²) in [4.78, 5) is 6.62. The van der Waals surface area contributed by atoms with Crippen molar-refractivity contribution in [3.63, 3.8) is 0 Å². The molecule has 0 fully saturated rings. The SMILES string of the molecule is CN(Cc1cscn1)C(C)(CN)Cc1ccc(Cl)cc1. The summed E-state index contributed by atoms with van der Waals surface area (Å²) >= 11 is 7.55. The molecule has 1 unspecified atom stereocenters. The van der Waals surface area contributed by atoms with Gasteiger partial charge in [0.2, 0.25) is 0 Å². The molecule has 0 amide bonds. The summed E-state index contributed by atoms with van der Waals surface area (Å²) in [7, 11) is 2.10. The molecule has 20 heavy (non-hydrogen) atoms. The molecule has 3 nitrogen and oxygen atoms in total. The van der Waals surface area contributed by atoms with Crippen molar-refractivity contribution in [2.75, 3.05) is 13.6 Å². The Kier molecular flexibility index (Phi) is 5.16. The number of benzene rings is 1. The lowest BCUT2D eigenvalue weighted by Crippen LogP contribution is -2.51. The molecule has 108 valence electrons. The minimum atomic E-state index is -0.0998. The lowest BCUT2D eigenvalue weighted by molar-refractivity contribution is 0.134. The van der Waals surface area contributed by atoms with Crippen molar-refractivity contribution >= 4 is 22.9 Å². The van der Waals surface area contributed by atoms with Crippen LogP contribution in [0.2, 0.25) is 5.02 Å². The van der Waals surface area contributed by atoms with Crippen molar-refractivity contribution in [1.82, 2.24) is 9.88 Å². The summed E-state index contributed by atoms with van der Waals surface area (Å²) in [5.41, 5.74) is 10.1. The first kappa shape index (κ1) is 15.4. The number of hydrogen-bond acceptors (Lipinski definition) is 4. The lowest BCUT2D eigenvalue weighted by Gasteiger charge is -2.38. The summed E-state index contributed by atoms with van der Waals surface area (Å²) in [6, 6.07) is 7.97. The first-order chi connectivity index (χ1) is 9.53. The second-order valence-corrected chi connectivity index (χ2v) is 6.50. The van der Waals surface area contributed by atoms with Crippen LogP contribution in [0.15, 0.2) is 35.2 Å². The van der Waals surface area contributed by atoms with Crippen LogP contribution in [-0.4, -0.2) is 29.0 Å². The highest BCUT2D eigenvalue weighted by atomic mass is 35.5. The fourth-order valence-corrected chi connectivity index (χ4v) is 2.83. The predicted molar refractivity (Wildman–Crippen MR) is 86.2 cm³/mol. The van der Waals surface area contributed by atoms with Gasteiger partial charge in [-0.3, -0.25) is 4.90 Å². The second-order valence-electron chi connectivity index (χ2n) is 5.34. The predicted octanol–water partition coefficient (Wildman–Crippen LogP) is 3.19. The van der Waals surface area contributed by atoms with Gasteiger partial charge in [0, 0.05) is 29.0 Å². The fourth-order valence-electron chi connectivity index (χ4n) is 2.15. The Bertz CT molecular complexity index is 527. The maximum Gasteiger partial charge on any atom is 0.0795 e. The molecule has 0 aliphatic rings. The van der Waals surface area contributed by atoms with Crippen molar-refractivity contribution in [2.24, 2.45) is 5.73 Å². The van der Waals surface area contributed by atoms with Crippen molar-refractivity contribution in [1.29, 1.82) is 0 Å². The van der Waals surface area contributed by atoms with Gasteiger partial charge in [-0.05, 0) is 38.1 Å². The van der Waals surface area contributed by atoms with Crippen molar-refractivity contribution in [3.05, 3.63) is 51.4 Å². The number of aromatic nitrogens is 1. The molecule has 1 aromatic carbocycles. The quantitative estimate of drug-likeness (QED) is 0.891. The number of thiazole rings is 1. The average Bonchev–Trinajstić information content (AvgIpc) is 2.94. The van der Waals surface area contributed by atoms with Crippen molar-refractivity contribution < 1.29 is 0 Å². The Morgan fingerprint density at radius 1 is 1.35 bits per heavy atom. The fraction of sp³-hybridized carbons (Fsp3) is 0.400. The van der Waals surface area contributed by atoms with E-state index in [0.29, 0.717) is 6.54 Å². The Hall–Kier alpha value is -0.940. The van der Waals surface area contributed by atoms with Gasteiger partial charge in [0.25, 0.3) is 0 Å². The van der Waals surface area contributed by atoms with E-state index >= 15 is 0 Å². The molecule has 5 heteroatoms. The van der Waals surface area contributed by atoms with Gasteiger partial charge in [0.05, 0.1) is 11.2 Å². The summed E-state index contributed by atoms with van der Waals surface area (Å²) in [5, 5.41) is 2.84. The normalized spacial score (nSPS) is 14.4. The zero-order valence-corrected chi connectivity index (χ0v) is 13.4. The van der Waals surface area contributed by atoms with Crippen LogP contribution < -0.4 is 5.73 Å². The van der Waals surface area contributed by atoms with Crippen LogP contribution in [0.1, 0.15) is 18.2 Å². The first-order valence-electron chi connectivity index (χ1n) is 6.56. The molecule has 0 spiro atoms. The van der Waals surface area contributed by atoms with E-state index < -0.39 is 0 Å². The zero-order valence-electron chi connectivity index (χ0n) is 11.8. The van der Waals surface area contributed by atoms with Gasteiger partial charge >= 0.3 is 0 Å². The van der Waals surface area contributed by atoms with E-state index in [2.05, 4.69) is 41.4 Å². The van der Waals surface area contributed by atoms with Crippen LogP contribution in [0.4, 0.5) is 0 Å². The van der Waals surface area contributed by atoms with E-state index in [1.54, 1.807) is 11.3 Å². The molecule has 0 aliphatic heterocycles. The van der Waals surface area contributed by atoms with Crippen LogP contribution >= 0.6 is 22.9 Å². The summed E-state index contributed by atoms with van der Waals surface area (Å²) < 4.78 is 0. The second kappa shape index (κ2) is 6.68. The highest BCUT2D eigenvalue weighted by Gasteiger charge is 2.28. The van der Waals surface area contributed by atoms with E-state index in [1.165, 1.54) is 5.56 Å². The number of hydrogen-bond donors (Lipinski definition) is 1. The molecule has 2 rings (SSSR count). The summed E-state index contributed by atoms with van der Waals surface area (Å²) in [5.74, 6) is 0. The van der Waals surface area contributed by atoms with Crippen LogP contribution in [0.3, 0.4) is 0 Å². The summed E-state index contributed by atoms with van der Waals surface area (Å²) in [6.45, 7) is 3.59. The van der Waals surface area contributed by atoms with Crippen LogP contribution in [0, 0.1) is 0 Å². The molecule has 2 aromatic rings. The third kappa shape index (κ3) is 3.79. The van der Waals surface area contributed by atoms with E-state index in [0.717, 1.165) is 23.7 Å². The van der Waals surface area contributed by atoms with Crippen LogP contribution in [0.25, 0.3) is 0 Å². The van der Waals surface area contributed by atoms with Crippen LogP contribution in [-0.2, 0) is 13.0 Å². The van der Waals surface area contributed by atoms with E-state index in [4.69, 9.17) is 17.3 Å². The number of nitrogens with zero attached hydrogens (tertiary/aromatic N) is 2. The minimum Gasteiger partial charge on any atom is -0.329 e. The van der Waals surface area contributed by atoms with Crippen LogP contribution in [0.5, 0.6) is 0 Å². The monoisotopic (exact) mass is 309 g/mol. The maximum absolute atomic E-state index is 6.03. The number of rotatable bonds is 6. The third-order valence-corrected chi connectivity index (χ3v) is 4.63. The molecule has 0 saturated heterocycles. The Morgan fingerprint density at radius 3 is 2.60 bits per heavy atom. The Balaban J connectivity index is 2.09. The molecule has 0 radical (unpaired) electrons. The topological polar surface area (TPSA) is 42.2 Å². The van der Waals surface area contributed by atoms with Gasteiger partial charge < -0.3 is 5.73 Å². The third-order valence-electron chi connectivity index (χ3n) is 3.74. The molecule has 0 aliphatic carbocycles. The molecule has 1 atom stereocenters. The maximum atomic E-state index is 6.03.